The number of carbonyl (C=O) groups is 2. The minimum Gasteiger partial charge on any atom is -0.493 e. The van der Waals surface area contributed by atoms with Crippen LogP contribution in [-0.4, -0.2) is 25.1 Å². The van der Waals surface area contributed by atoms with Crippen LogP contribution in [0.1, 0.15) is 35.3 Å². The fourth-order valence-electron chi connectivity index (χ4n) is 2.27. The molecular weight excluding hydrogens is 318 g/mol. The van der Waals surface area contributed by atoms with Crippen LogP contribution < -0.4 is 10.1 Å². The molecule has 0 spiro atoms. The molecule has 0 bridgehead atoms. The van der Waals surface area contributed by atoms with Gasteiger partial charge in [-0.25, -0.2) is 4.79 Å². The van der Waals surface area contributed by atoms with Crippen LogP contribution >= 0.6 is 0 Å². The number of nitrogens with one attached hydrogen (secondary N) is 1. The van der Waals surface area contributed by atoms with Gasteiger partial charge in [0, 0.05) is 6.54 Å². The fraction of sp³-hybridized carbons (Fsp3) is 0.300. The number of para-hydroxylation sites is 1. The first-order chi connectivity index (χ1) is 12.1. The van der Waals surface area contributed by atoms with Crippen LogP contribution in [0.4, 0.5) is 0 Å². The monoisotopic (exact) mass is 341 g/mol. The van der Waals surface area contributed by atoms with Gasteiger partial charge in [-0.1, -0.05) is 43.3 Å². The third-order valence-corrected chi connectivity index (χ3v) is 3.66. The van der Waals surface area contributed by atoms with Crippen LogP contribution in [0.15, 0.2) is 48.5 Å². The zero-order valence-corrected chi connectivity index (χ0v) is 14.6. The molecular formula is C20H23NO4. The molecule has 2 aromatic carbocycles. The van der Waals surface area contributed by atoms with Crippen molar-refractivity contribution < 1.29 is 19.1 Å². The fourth-order valence-corrected chi connectivity index (χ4v) is 2.27. The first kappa shape index (κ1) is 18.5. The lowest BCUT2D eigenvalue weighted by atomic mass is 10.1. The molecule has 25 heavy (non-hydrogen) atoms. The summed E-state index contributed by atoms with van der Waals surface area (Å²) in [6, 6.07) is 14.8. The second kappa shape index (κ2) is 9.47. The van der Waals surface area contributed by atoms with E-state index in [2.05, 4.69) is 12.2 Å². The summed E-state index contributed by atoms with van der Waals surface area (Å²) in [5, 5.41) is 2.74. The number of aryl methyl sites for hydroxylation is 1. The maximum Gasteiger partial charge on any atom is 0.342 e. The quantitative estimate of drug-likeness (QED) is 0.749. The predicted octanol–water partition coefficient (Wildman–Crippen LogP) is 3.12. The van der Waals surface area contributed by atoms with Gasteiger partial charge in [-0.2, -0.15) is 0 Å². The van der Waals surface area contributed by atoms with Gasteiger partial charge in [0.2, 0.25) is 0 Å². The first-order valence-electron chi connectivity index (χ1n) is 8.37. The van der Waals surface area contributed by atoms with Crippen LogP contribution in [-0.2, 0) is 22.5 Å². The molecule has 1 amide bonds. The molecule has 0 aliphatic carbocycles. The number of rotatable bonds is 8. The summed E-state index contributed by atoms with van der Waals surface area (Å²) in [4.78, 5) is 24.0. The summed E-state index contributed by atoms with van der Waals surface area (Å²) in [7, 11) is 0. The van der Waals surface area contributed by atoms with Crippen molar-refractivity contribution in [3.8, 4) is 5.75 Å². The van der Waals surface area contributed by atoms with Crippen molar-refractivity contribution in [2.24, 2.45) is 0 Å². The summed E-state index contributed by atoms with van der Waals surface area (Å²) in [6.45, 7) is 4.45. The van der Waals surface area contributed by atoms with E-state index >= 15 is 0 Å². The van der Waals surface area contributed by atoms with Crippen molar-refractivity contribution >= 4 is 11.9 Å². The maximum absolute atomic E-state index is 12.1. The van der Waals surface area contributed by atoms with Gasteiger partial charge in [-0.05, 0) is 36.6 Å². The summed E-state index contributed by atoms with van der Waals surface area (Å²) in [5.74, 6) is -0.472. The van der Waals surface area contributed by atoms with Crippen molar-refractivity contribution in [2.45, 2.75) is 26.8 Å². The molecule has 0 aliphatic heterocycles. The van der Waals surface area contributed by atoms with Gasteiger partial charge in [-0.3, -0.25) is 4.79 Å². The Bertz CT molecular complexity index is 710. The Morgan fingerprint density at radius 3 is 2.32 bits per heavy atom. The zero-order chi connectivity index (χ0) is 18.1. The molecule has 0 aliphatic rings. The summed E-state index contributed by atoms with van der Waals surface area (Å²) in [5.41, 5.74) is 2.56. The minimum atomic E-state index is -0.577. The Hall–Kier alpha value is -2.82. The van der Waals surface area contributed by atoms with E-state index in [0.29, 0.717) is 24.5 Å². The van der Waals surface area contributed by atoms with Crippen LogP contribution in [0.25, 0.3) is 0 Å². The van der Waals surface area contributed by atoms with E-state index in [9.17, 15) is 9.59 Å². The average Bonchev–Trinajstić information content (AvgIpc) is 2.65. The maximum atomic E-state index is 12.1. The molecule has 0 unspecified atom stereocenters. The molecule has 0 heterocycles. The Labute approximate surface area is 148 Å². The first-order valence-corrected chi connectivity index (χ1v) is 8.37. The molecule has 0 saturated heterocycles. The number of carbonyl (C=O) groups excluding carboxylic acids is 2. The molecule has 2 rings (SSSR count). The number of esters is 1. The van der Waals surface area contributed by atoms with Gasteiger partial charge in [0.25, 0.3) is 5.91 Å². The van der Waals surface area contributed by atoms with Gasteiger partial charge in [0.05, 0.1) is 6.61 Å². The molecule has 2 aromatic rings. The largest absolute Gasteiger partial charge is 0.493 e. The number of hydrogen-bond donors (Lipinski definition) is 1. The highest BCUT2D eigenvalue weighted by Crippen LogP contribution is 2.18. The lowest BCUT2D eigenvalue weighted by molar-refractivity contribution is -0.124. The Morgan fingerprint density at radius 2 is 1.64 bits per heavy atom. The van der Waals surface area contributed by atoms with Crippen LogP contribution in [0.3, 0.4) is 0 Å². The van der Waals surface area contributed by atoms with Crippen molar-refractivity contribution in [2.75, 3.05) is 13.2 Å². The van der Waals surface area contributed by atoms with Crippen molar-refractivity contribution in [1.29, 1.82) is 0 Å². The molecule has 0 saturated carbocycles. The molecule has 5 heteroatoms. The molecule has 0 fully saturated rings. The molecule has 1 N–H and O–H groups in total. The molecule has 5 nitrogen and oxygen atoms in total. The van der Waals surface area contributed by atoms with E-state index in [1.54, 1.807) is 24.3 Å². The molecule has 0 radical (unpaired) electrons. The highest BCUT2D eigenvalue weighted by Gasteiger charge is 2.14. The minimum absolute atomic E-state index is 0.312. The molecule has 0 aromatic heterocycles. The predicted molar refractivity (Wildman–Crippen MR) is 95.6 cm³/mol. The van der Waals surface area contributed by atoms with Crippen molar-refractivity contribution in [3.63, 3.8) is 0 Å². The highest BCUT2D eigenvalue weighted by molar-refractivity contribution is 5.93. The number of benzene rings is 2. The smallest absolute Gasteiger partial charge is 0.342 e. The van der Waals surface area contributed by atoms with Gasteiger partial charge in [0.15, 0.2) is 6.61 Å². The SMILES string of the molecule is CCOc1ccccc1C(=O)OCC(=O)NCc1ccc(CC)cc1. The number of hydrogen-bond acceptors (Lipinski definition) is 4. The van der Waals surface area contributed by atoms with Crippen LogP contribution in [0.5, 0.6) is 5.75 Å². The topological polar surface area (TPSA) is 64.6 Å². The number of ether oxygens (including phenoxy) is 2. The molecule has 0 atom stereocenters. The lowest BCUT2D eigenvalue weighted by Crippen LogP contribution is -2.28. The van der Waals surface area contributed by atoms with E-state index in [4.69, 9.17) is 9.47 Å². The van der Waals surface area contributed by atoms with Gasteiger partial charge in [-0.15, -0.1) is 0 Å². The van der Waals surface area contributed by atoms with Crippen LogP contribution in [0, 0.1) is 0 Å². The standard InChI is InChI=1S/C20H23NO4/c1-3-15-9-11-16(12-10-15)13-21-19(22)14-25-20(23)17-7-5-6-8-18(17)24-4-2/h5-12H,3-4,13-14H2,1-2H3,(H,21,22). The zero-order valence-electron chi connectivity index (χ0n) is 14.6. The Balaban J connectivity index is 1.82. The lowest BCUT2D eigenvalue weighted by Gasteiger charge is -2.10. The van der Waals surface area contributed by atoms with Crippen molar-refractivity contribution in [1.82, 2.24) is 5.32 Å². The van der Waals surface area contributed by atoms with Crippen molar-refractivity contribution in [3.05, 3.63) is 65.2 Å². The van der Waals surface area contributed by atoms with E-state index in [1.807, 2.05) is 31.2 Å². The summed E-state index contributed by atoms with van der Waals surface area (Å²) in [6.07, 6.45) is 0.978. The number of amides is 1. The second-order valence-electron chi connectivity index (χ2n) is 5.45. The van der Waals surface area contributed by atoms with E-state index in [0.717, 1.165) is 12.0 Å². The normalized spacial score (nSPS) is 10.2. The van der Waals surface area contributed by atoms with E-state index in [1.165, 1.54) is 5.56 Å². The highest BCUT2D eigenvalue weighted by atomic mass is 16.5. The third kappa shape index (κ3) is 5.64. The van der Waals surface area contributed by atoms with Crippen LogP contribution in [0.2, 0.25) is 0 Å². The third-order valence-electron chi connectivity index (χ3n) is 3.66. The Kier molecular flexibility index (Phi) is 7.01. The van der Waals surface area contributed by atoms with E-state index in [-0.39, 0.29) is 12.5 Å². The van der Waals surface area contributed by atoms with Gasteiger partial charge in [0.1, 0.15) is 11.3 Å². The molecule has 132 valence electrons. The second-order valence-corrected chi connectivity index (χ2v) is 5.45. The average molecular weight is 341 g/mol. The Morgan fingerprint density at radius 1 is 0.960 bits per heavy atom. The van der Waals surface area contributed by atoms with Gasteiger partial charge < -0.3 is 14.8 Å². The summed E-state index contributed by atoms with van der Waals surface area (Å²) >= 11 is 0. The van der Waals surface area contributed by atoms with Gasteiger partial charge >= 0.3 is 5.97 Å². The van der Waals surface area contributed by atoms with E-state index < -0.39 is 5.97 Å². The summed E-state index contributed by atoms with van der Waals surface area (Å²) < 4.78 is 10.5.